The van der Waals surface area contributed by atoms with Crippen LogP contribution in [0.3, 0.4) is 0 Å². The van der Waals surface area contributed by atoms with Crippen LogP contribution in [0.25, 0.3) is 0 Å². The molecule has 1 saturated heterocycles. The summed E-state index contributed by atoms with van der Waals surface area (Å²) < 4.78 is 10.3. The molecule has 5 nitrogen and oxygen atoms in total. The SMILES string of the molecule is COC(=O)C1SC(C(=O)OC(C)(C)C)N[C@H]1c1ccccc1. The summed E-state index contributed by atoms with van der Waals surface area (Å²) in [6, 6.07) is 9.27. The Balaban J connectivity index is 2.18. The molecule has 1 aromatic rings. The van der Waals surface area contributed by atoms with Gasteiger partial charge in [0.25, 0.3) is 0 Å². The Morgan fingerprint density at radius 3 is 2.32 bits per heavy atom. The van der Waals surface area contributed by atoms with E-state index in [4.69, 9.17) is 9.47 Å². The predicted molar refractivity (Wildman–Crippen MR) is 85.3 cm³/mol. The molecule has 0 bridgehead atoms. The second-order valence-corrected chi connectivity index (χ2v) is 7.30. The highest BCUT2D eigenvalue weighted by molar-refractivity contribution is 8.02. The normalized spacial score (nSPS) is 24.8. The van der Waals surface area contributed by atoms with E-state index in [2.05, 4.69) is 5.32 Å². The molecule has 1 heterocycles. The highest BCUT2D eigenvalue weighted by Gasteiger charge is 2.44. The summed E-state index contributed by atoms with van der Waals surface area (Å²) in [7, 11) is 1.35. The van der Waals surface area contributed by atoms with Crippen molar-refractivity contribution < 1.29 is 19.1 Å². The van der Waals surface area contributed by atoms with Gasteiger partial charge in [0.1, 0.15) is 10.9 Å². The van der Waals surface area contributed by atoms with Gasteiger partial charge in [-0.15, -0.1) is 11.8 Å². The molecule has 0 aromatic heterocycles. The van der Waals surface area contributed by atoms with E-state index in [0.29, 0.717) is 0 Å². The quantitative estimate of drug-likeness (QED) is 0.861. The maximum Gasteiger partial charge on any atom is 0.334 e. The number of thioether (sulfide) groups is 1. The minimum absolute atomic E-state index is 0.281. The van der Waals surface area contributed by atoms with Crippen molar-refractivity contribution in [2.45, 2.75) is 43.0 Å². The second kappa shape index (κ2) is 6.71. The second-order valence-electron chi connectivity index (χ2n) is 6.05. The molecule has 0 radical (unpaired) electrons. The van der Waals surface area contributed by atoms with E-state index in [1.807, 2.05) is 51.1 Å². The van der Waals surface area contributed by atoms with Gasteiger partial charge in [0, 0.05) is 0 Å². The van der Waals surface area contributed by atoms with E-state index in [-0.39, 0.29) is 18.0 Å². The van der Waals surface area contributed by atoms with E-state index < -0.39 is 16.2 Å². The van der Waals surface area contributed by atoms with E-state index in [1.165, 1.54) is 18.9 Å². The number of rotatable bonds is 3. The number of nitrogens with one attached hydrogen (secondary N) is 1. The Hall–Kier alpha value is -1.53. The molecular weight excluding hydrogens is 302 g/mol. The average Bonchev–Trinajstić information content (AvgIpc) is 2.91. The van der Waals surface area contributed by atoms with Crippen molar-refractivity contribution in [3.8, 4) is 0 Å². The molecule has 6 heteroatoms. The van der Waals surface area contributed by atoms with Crippen molar-refractivity contribution in [3.05, 3.63) is 35.9 Å². The number of benzene rings is 1. The lowest BCUT2D eigenvalue weighted by atomic mass is 10.0. The number of ether oxygens (including phenoxy) is 2. The van der Waals surface area contributed by atoms with Gasteiger partial charge in [0.2, 0.25) is 0 Å². The lowest BCUT2D eigenvalue weighted by molar-refractivity contribution is -0.154. The van der Waals surface area contributed by atoms with Crippen LogP contribution in [0.1, 0.15) is 32.4 Å². The van der Waals surface area contributed by atoms with Crippen LogP contribution in [0.5, 0.6) is 0 Å². The zero-order valence-electron chi connectivity index (χ0n) is 13.2. The summed E-state index contributed by atoms with van der Waals surface area (Å²) in [4.78, 5) is 24.3. The van der Waals surface area contributed by atoms with Gasteiger partial charge >= 0.3 is 11.9 Å². The molecule has 1 aliphatic heterocycles. The zero-order chi connectivity index (χ0) is 16.3. The predicted octanol–water partition coefficient (Wildman–Crippen LogP) is 2.27. The van der Waals surface area contributed by atoms with E-state index >= 15 is 0 Å². The third-order valence-electron chi connectivity index (χ3n) is 3.13. The van der Waals surface area contributed by atoms with Crippen molar-refractivity contribution in [1.82, 2.24) is 5.32 Å². The Morgan fingerprint density at radius 2 is 1.77 bits per heavy atom. The molecule has 0 amide bonds. The largest absolute Gasteiger partial charge is 0.468 e. The number of carbonyl (C=O) groups excluding carboxylic acids is 2. The van der Waals surface area contributed by atoms with Gasteiger partial charge < -0.3 is 9.47 Å². The van der Waals surface area contributed by atoms with Gasteiger partial charge in [-0.05, 0) is 26.3 Å². The zero-order valence-corrected chi connectivity index (χ0v) is 14.0. The highest BCUT2D eigenvalue weighted by Crippen LogP contribution is 2.38. The van der Waals surface area contributed by atoms with Crippen molar-refractivity contribution in [2.75, 3.05) is 7.11 Å². The fourth-order valence-electron chi connectivity index (χ4n) is 2.23. The maximum atomic E-state index is 12.2. The van der Waals surface area contributed by atoms with E-state index in [0.717, 1.165) is 5.56 Å². The lowest BCUT2D eigenvalue weighted by Crippen LogP contribution is -2.37. The smallest absolute Gasteiger partial charge is 0.334 e. The average molecular weight is 323 g/mol. The standard InChI is InChI=1S/C16H21NO4S/c1-16(2,3)21-15(19)13-17-11(10-8-6-5-7-9-10)12(22-13)14(18)20-4/h5-9,11-13,17H,1-4H3/t11-,12?,13?/m0/s1. The summed E-state index contributed by atoms with van der Waals surface area (Å²) >= 11 is 1.23. The van der Waals surface area contributed by atoms with Crippen molar-refractivity contribution in [2.24, 2.45) is 0 Å². The molecule has 2 rings (SSSR count). The highest BCUT2D eigenvalue weighted by atomic mass is 32.2. The minimum Gasteiger partial charge on any atom is -0.468 e. The first-order valence-electron chi connectivity index (χ1n) is 7.09. The Kier molecular flexibility index (Phi) is 5.13. The van der Waals surface area contributed by atoms with Gasteiger partial charge in [-0.25, -0.2) is 4.79 Å². The Morgan fingerprint density at radius 1 is 1.14 bits per heavy atom. The number of carbonyl (C=O) groups is 2. The summed E-state index contributed by atoms with van der Waals surface area (Å²) in [5.74, 6) is -0.720. The summed E-state index contributed by atoms with van der Waals surface area (Å²) in [5, 5.41) is 2.11. The number of methoxy groups -OCH3 is 1. The van der Waals surface area contributed by atoms with Crippen LogP contribution < -0.4 is 5.32 Å². The van der Waals surface area contributed by atoms with Crippen molar-refractivity contribution >= 4 is 23.7 Å². The number of hydrogen-bond donors (Lipinski definition) is 1. The molecule has 2 unspecified atom stereocenters. The molecule has 0 spiro atoms. The fourth-order valence-corrected chi connectivity index (χ4v) is 3.51. The van der Waals surface area contributed by atoms with Crippen LogP contribution in [0, 0.1) is 0 Å². The lowest BCUT2D eigenvalue weighted by Gasteiger charge is -2.22. The summed E-state index contributed by atoms with van der Waals surface area (Å²) in [6.45, 7) is 5.45. The van der Waals surface area contributed by atoms with Crippen LogP contribution >= 0.6 is 11.8 Å². The topological polar surface area (TPSA) is 64.6 Å². The van der Waals surface area contributed by atoms with Crippen molar-refractivity contribution in [3.63, 3.8) is 0 Å². The van der Waals surface area contributed by atoms with Gasteiger partial charge in [-0.3, -0.25) is 10.1 Å². The maximum absolute atomic E-state index is 12.2. The summed E-state index contributed by atoms with van der Waals surface area (Å²) in [5.41, 5.74) is 0.377. The molecular formula is C16H21NO4S. The first-order chi connectivity index (χ1) is 10.3. The number of hydrogen-bond acceptors (Lipinski definition) is 6. The van der Waals surface area contributed by atoms with E-state index in [9.17, 15) is 9.59 Å². The third-order valence-corrected chi connectivity index (χ3v) is 4.49. The molecule has 120 valence electrons. The van der Waals surface area contributed by atoms with Gasteiger partial charge in [-0.1, -0.05) is 30.3 Å². The minimum atomic E-state index is -0.589. The number of esters is 2. The molecule has 0 aliphatic carbocycles. The summed E-state index contributed by atoms with van der Waals surface area (Å²) in [6.07, 6.45) is 0. The molecule has 0 saturated carbocycles. The molecule has 1 N–H and O–H groups in total. The fraction of sp³-hybridized carbons (Fsp3) is 0.500. The Labute approximate surface area is 134 Å². The van der Waals surface area contributed by atoms with E-state index in [1.54, 1.807) is 0 Å². The van der Waals surface area contributed by atoms with Crippen LogP contribution in [-0.2, 0) is 19.1 Å². The third kappa shape index (κ3) is 4.01. The van der Waals surface area contributed by atoms with Gasteiger partial charge in [0.15, 0.2) is 5.37 Å². The molecule has 3 atom stereocenters. The monoisotopic (exact) mass is 323 g/mol. The molecule has 1 aliphatic rings. The Bertz CT molecular complexity index is 541. The molecule has 1 aromatic carbocycles. The van der Waals surface area contributed by atoms with Crippen LogP contribution in [0.4, 0.5) is 0 Å². The van der Waals surface area contributed by atoms with Crippen molar-refractivity contribution in [1.29, 1.82) is 0 Å². The molecule has 22 heavy (non-hydrogen) atoms. The van der Waals surface area contributed by atoms with Gasteiger partial charge in [-0.2, -0.15) is 0 Å². The van der Waals surface area contributed by atoms with Crippen LogP contribution in [-0.4, -0.2) is 35.3 Å². The first-order valence-corrected chi connectivity index (χ1v) is 8.03. The molecule has 1 fully saturated rings. The van der Waals surface area contributed by atoms with Gasteiger partial charge in [0.05, 0.1) is 13.2 Å². The first kappa shape index (κ1) is 16.8. The van der Waals surface area contributed by atoms with Crippen LogP contribution in [0.2, 0.25) is 0 Å². The van der Waals surface area contributed by atoms with Crippen LogP contribution in [0.15, 0.2) is 30.3 Å².